The maximum atomic E-state index is 12.6. The summed E-state index contributed by atoms with van der Waals surface area (Å²) in [6.07, 6.45) is 4.52. The van der Waals surface area contributed by atoms with E-state index in [2.05, 4.69) is 32.2 Å². The van der Waals surface area contributed by atoms with Crippen molar-refractivity contribution in [3.8, 4) is 0 Å². The number of hydrogen-bond donors (Lipinski definition) is 1. The molecule has 0 spiro atoms. The van der Waals surface area contributed by atoms with Crippen LogP contribution in [-0.2, 0) is 0 Å². The van der Waals surface area contributed by atoms with Crippen molar-refractivity contribution in [3.05, 3.63) is 30.0 Å². The van der Waals surface area contributed by atoms with E-state index in [1.54, 1.807) is 0 Å². The Hall–Kier alpha value is -2.21. The molecule has 1 saturated heterocycles. The molecule has 1 aliphatic heterocycles. The summed E-state index contributed by atoms with van der Waals surface area (Å²) >= 11 is 0. The van der Waals surface area contributed by atoms with Crippen molar-refractivity contribution >= 4 is 22.5 Å². The van der Waals surface area contributed by atoms with Crippen molar-refractivity contribution in [2.45, 2.75) is 38.6 Å². The molecule has 1 aromatic carbocycles. The van der Waals surface area contributed by atoms with Crippen molar-refractivity contribution in [3.63, 3.8) is 0 Å². The molecule has 3 rings (SSSR count). The average Bonchev–Trinajstić information content (AvgIpc) is 2.64. The normalized spacial score (nSPS) is 17.7. The monoisotopic (exact) mass is 355 g/mol. The van der Waals surface area contributed by atoms with Crippen LogP contribution in [0.25, 0.3) is 10.8 Å². The van der Waals surface area contributed by atoms with Gasteiger partial charge in [0.25, 0.3) is 5.91 Å². The van der Waals surface area contributed by atoms with Gasteiger partial charge in [-0.05, 0) is 53.2 Å². The van der Waals surface area contributed by atoms with E-state index in [0.717, 1.165) is 36.1 Å². The number of rotatable bonds is 6. The fraction of sp³-hybridized carbons (Fsp3) is 0.550. The summed E-state index contributed by atoms with van der Waals surface area (Å²) in [7, 11) is 4.06. The first-order valence-electron chi connectivity index (χ1n) is 9.53. The summed E-state index contributed by atoms with van der Waals surface area (Å²) in [5, 5.41) is 13.6. The van der Waals surface area contributed by atoms with Crippen LogP contribution in [0.5, 0.6) is 0 Å². The first-order valence-corrected chi connectivity index (χ1v) is 9.53. The number of fused-ring (bicyclic) bond motifs is 1. The van der Waals surface area contributed by atoms with Crippen LogP contribution < -0.4 is 10.2 Å². The Balaban J connectivity index is 1.84. The first kappa shape index (κ1) is 18.6. The molecule has 0 bridgehead atoms. The van der Waals surface area contributed by atoms with Crippen LogP contribution in [0.2, 0.25) is 0 Å². The predicted molar refractivity (Wildman–Crippen MR) is 106 cm³/mol. The van der Waals surface area contributed by atoms with Gasteiger partial charge in [-0.3, -0.25) is 4.79 Å². The quantitative estimate of drug-likeness (QED) is 0.807. The largest absolute Gasteiger partial charge is 0.352 e. The number of nitrogens with zero attached hydrogens (tertiary/aromatic N) is 4. The minimum absolute atomic E-state index is 0.148. The third-order valence-corrected chi connectivity index (χ3v) is 5.03. The highest BCUT2D eigenvalue weighted by molar-refractivity contribution is 6.07. The Labute approximate surface area is 155 Å². The molecule has 1 amide bonds. The molecule has 0 radical (unpaired) electrons. The zero-order chi connectivity index (χ0) is 18.5. The zero-order valence-electron chi connectivity index (χ0n) is 16.0. The number of nitrogens with one attached hydrogen (secondary N) is 1. The molecule has 1 fully saturated rings. The lowest BCUT2D eigenvalue weighted by Crippen LogP contribution is -2.38. The summed E-state index contributed by atoms with van der Waals surface area (Å²) in [4.78, 5) is 17.1. The lowest BCUT2D eigenvalue weighted by atomic mass is 10.0. The molecule has 0 saturated carbocycles. The molecule has 1 aromatic heterocycles. The Morgan fingerprint density at radius 1 is 1.23 bits per heavy atom. The third-order valence-electron chi connectivity index (χ3n) is 5.03. The number of hydrogen-bond acceptors (Lipinski definition) is 5. The van der Waals surface area contributed by atoms with Crippen molar-refractivity contribution in [2.24, 2.45) is 0 Å². The van der Waals surface area contributed by atoms with Gasteiger partial charge in [0.15, 0.2) is 11.5 Å². The molecule has 6 nitrogen and oxygen atoms in total. The second-order valence-electron chi connectivity index (χ2n) is 7.37. The Morgan fingerprint density at radius 2 is 2.00 bits per heavy atom. The summed E-state index contributed by atoms with van der Waals surface area (Å²) in [6.45, 7) is 4.81. The molecular formula is C20H29N5O. The molecule has 1 aliphatic rings. The fourth-order valence-corrected chi connectivity index (χ4v) is 3.56. The van der Waals surface area contributed by atoms with E-state index < -0.39 is 0 Å². The molecule has 1 atom stereocenters. The highest BCUT2D eigenvalue weighted by Crippen LogP contribution is 2.30. The molecule has 2 heterocycles. The number of piperidine rings is 1. The van der Waals surface area contributed by atoms with Crippen molar-refractivity contribution < 1.29 is 4.79 Å². The van der Waals surface area contributed by atoms with Gasteiger partial charge < -0.3 is 15.1 Å². The van der Waals surface area contributed by atoms with Gasteiger partial charge in [0, 0.05) is 29.9 Å². The van der Waals surface area contributed by atoms with E-state index in [1.165, 1.54) is 19.3 Å². The molecule has 1 unspecified atom stereocenters. The molecule has 0 aliphatic carbocycles. The SMILES string of the molecule is CC1CCCCN1c1nnc(C(=O)NCCCN(C)C)c2ccccc12. The van der Waals surface area contributed by atoms with Crippen LogP contribution in [0.15, 0.2) is 24.3 Å². The van der Waals surface area contributed by atoms with Crippen LogP contribution in [0.3, 0.4) is 0 Å². The van der Waals surface area contributed by atoms with Crippen molar-refractivity contribution in [1.82, 2.24) is 20.4 Å². The van der Waals surface area contributed by atoms with Crippen molar-refractivity contribution in [2.75, 3.05) is 38.6 Å². The Kier molecular flexibility index (Phi) is 6.04. The average molecular weight is 355 g/mol. The number of aromatic nitrogens is 2. The second kappa shape index (κ2) is 8.45. The van der Waals surface area contributed by atoms with Gasteiger partial charge in [0.05, 0.1) is 0 Å². The molecule has 2 aromatic rings. The lowest BCUT2D eigenvalue weighted by molar-refractivity contribution is 0.0948. The van der Waals surface area contributed by atoms with Crippen LogP contribution in [0.1, 0.15) is 43.1 Å². The van der Waals surface area contributed by atoms with E-state index >= 15 is 0 Å². The van der Waals surface area contributed by atoms with E-state index in [0.29, 0.717) is 18.3 Å². The zero-order valence-corrected chi connectivity index (χ0v) is 16.0. The van der Waals surface area contributed by atoms with Crippen LogP contribution in [0.4, 0.5) is 5.82 Å². The highest BCUT2D eigenvalue weighted by Gasteiger charge is 2.24. The third kappa shape index (κ3) is 4.12. The number of carbonyl (C=O) groups excluding carboxylic acids is 1. The topological polar surface area (TPSA) is 61.4 Å². The smallest absolute Gasteiger partial charge is 0.272 e. The minimum Gasteiger partial charge on any atom is -0.352 e. The van der Waals surface area contributed by atoms with Crippen LogP contribution in [0, 0.1) is 0 Å². The lowest BCUT2D eigenvalue weighted by Gasteiger charge is -2.34. The van der Waals surface area contributed by atoms with Crippen LogP contribution >= 0.6 is 0 Å². The van der Waals surface area contributed by atoms with Gasteiger partial charge in [0.1, 0.15) is 0 Å². The van der Waals surface area contributed by atoms with E-state index in [1.807, 2.05) is 38.4 Å². The molecular weight excluding hydrogens is 326 g/mol. The van der Waals surface area contributed by atoms with Gasteiger partial charge in [-0.25, -0.2) is 0 Å². The standard InChI is InChI=1S/C20H29N5O/c1-15-9-6-7-14-25(15)19-17-11-5-4-10-16(17)18(22-23-19)20(26)21-12-8-13-24(2)3/h4-5,10-11,15H,6-9,12-14H2,1-3H3,(H,21,26). The van der Waals surface area contributed by atoms with E-state index in [9.17, 15) is 4.79 Å². The number of carbonyl (C=O) groups is 1. The van der Waals surface area contributed by atoms with Gasteiger partial charge in [-0.15, -0.1) is 10.2 Å². The highest BCUT2D eigenvalue weighted by atomic mass is 16.1. The van der Waals surface area contributed by atoms with E-state index in [4.69, 9.17) is 0 Å². The Bertz CT molecular complexity index is 761. The number of benzene rings is 1. The fourth-order valence-electron chi connectivity index (χ4n) is 3.56. The summed E-state index contributed by atoms with van der Waals surface area (Å²) in [5.74, 6) is 0.752. The summed E-state index contributed by atoms with van der Waals surface area (Å²) in [6, 6.07) is 8.42. The van der Waals surface area contributed by atoms with Crippen LogP contribution in [-0.4, -0.2) is 60.8 Å². The number of anilines is 1. The molecule has 26 heavy (non-hydrogen) atoms. The van der Waals surface area contributed by atoms with Gasteiger partial charge >= 0.3 is 0 Å². The Morgan fingerprint density at radius 3 is 2.73 bits per heavy atom. The summed E-state index contributed by atoms with van der Waals surface area (Å²) in [5.41, 5.74) is 0.416. The molecule has 1 N–H and O–H groups in total. The minimum atomic E-state index is -0.148. The number of amides is 1. The molecule has 140 valence electrons. The molecule has 6 heteroatoms. The van der Waals surface area contributed by atoms with Gasteiger partial charge in [0.2, 0.25) is 0 Å². The van der Waals surface area contributed by atoms with Gasteiger partial charge in [-0.1, -0.05) is 24.3 Å². The predicted octanol–water partition coefficient (Wildman–Crippen LogP) is 2.69. The maximum absolute atomic E-state index is 12.6. The van der Waals surface area contributed by atoms with Gasteiger partial charge in [-0.2, -0.15) is 0 Å². The first-order chi connectivity index (χ1) is 12.6. The van der Waals surface area contributed by atoms with Crippen molar-refractivity contribution in [1.29, 1.82) is 0 Å². The summed E-state index contributed by atoms with van der Waals surface area (Å²) < 4.78 is 0. The second-order valence-corrected chi connectivity index (χ2v) is 7.37. The maximum Gasteiger partial charge on any atom is 0.272 e. The van der Waals surface area contributed by atoms with E-state index in [-0.39, 0.29) is 5.91 Å².